The van der Waals surface area contributed by atoms with Gasteiger partial charge in [0.15, 0.2) is 0 Å². The molecule has 0 atom stereocenters. The number of carbonyl (C=O) groups excluding carboxylic acids is 1. The Balaban J connectivity index is 2.35. The van der Waals surface area contributed by atoms with Crippen molar-refractivity contribution in [3.05, 3.63) is 63.6 Å². The van der Waals surface area contributed by atoms with Crippen LogP contribution in [0.15, 0.2) is 42.5 Å². The molecule has 0 aliphatic heterocycles. The minimum absolute atomic E-state index is 0.508. The summed E-state index contributed by atoms with van der Waals surface area (Å²) in [6.07, 6.45) is 3.62. The summed E-state index contributed by atoms with van der Waals surface area (Å²) in [6.45, 7) is 0. The molecule has 0 saturated heterocycles. The average molecular weight is 322 g/mol. The van der Waals surface area contributed by atoms with Crippen LogP contribution in [0.5, 0.6) is 0 Å². The van der Waals surface area contributed by atoms with Crippen molar-refractivity contribution in [2.75, 3.05) is 5.32 Å². The highest BCUT2D eigenvalue weighted by atomic mass is 35.5. The van der Waals surface area contributed by atoms with Crippen molar-refractivity contribution in [2.45, 2.75) is 0 Å². The van der Waals surface area contributed by atoms with Gasteiger partial charge in [0.2, 0.25) is 0 Å². The van der Waals surface area contributed by atoms with Gasteiger partial charge in [-0.05, 0) is 23.8 Å². The highest BCUT2D eigenvalue weighted by molar-refractivity contribution is 6.33. The Bertz CT molecular complexity index is 686. The predicted molar refractivity (Wildman–Crippen MR) is 88.2 cm³/mol. The number of halogens is 2. The molecule has 2 aromatic carbocycles. The smallest absolute Gasteiger partial charge is 0.306 e. The third-order valence-electron chi connectivity index (χ3n) is 2.77. The van der Waals surface area contributed by atoms with E-state index in [4.69, 9.17) is 29.0 Å². The second-order valence-electron chi connectivity index (χ2n) is 4.15. The van der Waals surface area contributed by atoms with E-state index >= 15 is 0 Å². The zero-order valence-electron chi connectivity index (χ0n) is 10.9. The van der Waals surface area contributed by atoms with E-state index in [0.29, 0.717) is 21.3 Å². The second-order valence-corrected chi connectivity index (χ2v) is 4.97. The van der Waals surface area contributed by atoms with Crippen LogP contribution in [0.2, 0.25) is 10.0 Å². The summed E-state index contributed by atoms with van der Waals surface area (Å²) in [4.78, 5) is 11.3. The van der Waals surface area contributed by atoms with Crippen molar-refractivity contribution in [3.8, 4) is 0 Å². The molecule has 4 N–H and O–H groups in total. The van der Waals surface area contributed by atoms with E-state index in [1.807, 2.05) is 29.7 Å². The molecule has 0 saturated carbocycles. The van der Waals surface area contributed by atoms with Crippen LogP contribution < -0.4 is 16.6 Å². The third-order valence-corrected chi connectivity index (χ3v) is 3.44. The van der Waals surface area contributed by atoms with Crippen LogP contribution in [0.3, 0.4) is 0 Å². The van der Waals surface area contributed by atoms with Gasteiger partial charge in [0, 0.05) is 15.6 Å². The Morgan fingerprint density at radius 2 is 1.71 bits per heavy atom. The molecule has 4 nitrogen and oxygen atoms in total. The van der Waals surface area contributed by atoms with Crippen molar-refractivity contribution in [2.24, 2.45) is 5.84 Å². The minimum Gasteiger partial charge on any atom is -0.306 e. The molecule has 0 spiro atoms. The first kappa shape index (κ1) is 15.4. The van der Waals surface area contributed by atoms with Crippen LogP contribution in [0.4, 0.5) is 10.5 Å². The zero-order valence-corrected chi connectivity index (χ0v) is 12.4. The normalized spacial score (nSPS) is 10.6. The molecule has 108 valence electrons. The first-order valence-corrected chi connectivity index (χ1v) is 6.86. The van der Waals surface area contributed by atoms with E-state index in [-0.39, 0.29) is 0 Å². The van der Waals surface area contributed by atoms with Crippen molar-refractivity contribution < 1.29 is 4.79 Å². The predicted octanol–water partition coefficient (Wildman–Crippen LogP) is 4.16. The maximum atomic E-state index is 11.3. The fourth-order valence-corrected chi connectivity index (χ4v) is 2.19. The SMILES string of the molecule is NNC(=O)Nc1cccc(Cl)c1/C=C/c1ccccc1Cl. The lowest BCUT2D eigenvalue weighted by molar-refractivity contribution is 0.252. The Hall–Kier alpha value is -2.01. The number of hydrazine groups is 1. The van der Waals surface area contributed by atoms with Gasteiger partial charge in [-0.1, -0.05) is 59.6 Å². The number of hydrogen-bond acceptors (Lipinski definition) is 2. The van der Waals surface area contributed by atoms with Gasteiger partial charge in [0.05, 0.1) is 5.69 Å². The molecule has 0 aromatic heterocycles. The number of anilines is 1. The van der Waals surface area contributed by atoms with Crippen LogP contribution >= 0.6 is 23.2 Å². The molecule has 2 amide bonds. The molecule has 21 heavy (non-hydrogen) atoms. The van der Waals surface area contributed by atoms with Crippen molar-refractivity contribution >= 4 is 47.1 Å². The molecular formula is C15H13Cl2N3O. The lowest BCUT2D eigenvalue weighted by atomic mass is 10.1. The first-order chi connectivity index (χ1) is 10.1. The van der Waals surface area contributed by atoms with E-state index in [9.17, 15) is 4.79 Å². The van der Waals surface area contributed by atoms with Crippen LogP contribution in [0.1, 0.15) is 11.1 Å². The maximum Gasteiger partial charge on any atom is 0.333 e. The number of amides is 2. The third kappa shape index (κ3) is 3.98. The van der Waals surface area contributed by atoms with E-state index in [2.05, 4.69) is 5.32 Å². The summed E-state index contributed by atoms with van der Waals surface area (Å²) in [7, 11) is 0. The summed E-state index contributed by atoms with van der Waals surface area (Å²) in [5.41, 5.74) is 4.08. The van der Waals surface area contributed by atoms with Gasteiger partial charge in [0.1, 0.15) is 0 Å². The lowest BCUT2D eigenvalue weighted by Crippen LogP contribution is -2.34. The number of benzene rings is 2. The summed E-state index contributed by atoms with van der Waals surface area (Å²) >= 11 is 12.3. The zero-order chi connectivity index (χ0) is 15.2. The quantitative estimate of drug-likeness (QED) is 0.344. The van der Waals surface area contributed by atoms with Crippen LogP contribution in [0.25, 0.3) is 12.2 Å². The average Bonchev–Trinajstić information content (AvgIpc) is 2.48. The molecule has 6 heteroatoms. The van der Waals surface area contributed by atoms with Crippen LogP contribution in [0, 0.1) is 0 Å². The van der Waals surface area contributed by atoms with Gasteiger partial charge in [-0.25, -0.2) is 10.6 Å². The second kappa shape index (κ2) is 7.13. The van der Waals surface area contributed by atoms with E-state index in [0.717, 1.165) is 5.56 Å². The molecule has 0 heterocycles. The summed E-state index contributed by atoms with van der Waals surface area (Å²) < 4.78 is 0. The summed E-state index contributed by atoms with van der Waals surface area (Å²) in [5, 5.41) is 3.75. The highest BCUT2D eigenvalue weighted by Gasteiger charge is 2.07. The van der Waals surface area contributed by atoms with Crippen molar-refractivity contribution in [3.63, 3.8) is 0 Å². The van der Waals surface area contributed by atoms with Gasteiger partial charge >= 0.3 is 6.03 Å². The van der Waals surface area contributed by atoms with E-state index in [1.165, 1.54) is 0 Å². The number of rotatable bonds is 3. The fraction of sp³-hybridized carbons (Fsp3) is 0. The van der Waals surface area contributed by atoms with Crippen molar-refractivity contribution in [1.29, 1.82) is 0 Å². The Labute approximate surface area is 132 Å². The van der Waals surface area contributed by atoms with Gasteiger partial charge in [-0.15, -0.1) is 0 Å². The van der Waals surface area contributed by atoms with E-state index in [1.54, 1.807) is 30.3 Å². The number of carbonyl (C=O) groups is 1. The molecule has 0 bridgehead atoms. The van der Waals surface area contributed by atoms with Crippen molar-refractivity contribution in [1.82, 2.24) is 5.43 Å². The van der Waals surface area contributed by atoms with Crippen LogP contribution in [-0.2, 0) is 0 Å². The topological polar surface area (TPSA) is 67.1 Å². The lowest BCUT2D eigenvalue weighted by Gasteiger charge is -2.09. The Morgan fingerprint density at radius 3 is 2.43 bits per heavy atom. The molecule has 0 aliphatic carbocycles. The number of nitrogens with one attached hydrogen (secondary N) is 2. The molecule has 0 unspecified atom stereocenters. The monoisotopic (exact) mass is 321 g/mol. The van der Waals surface area contributed by atoms with Gasteiger partial charge in [-0.3, -0.25) is 5.43 Å². The largest absolute Gasteiger partial charge is 0.333 e. The summed E-state index contributed by atoms with van der Waals surface area (Å²) in [6, 6.07) is 12.1. The minimum atomic E-state index is -0.523. The highest BCUT2D eigenvalue weighted by Crippen LogP contribution is 2.27. The maximum absolute atomic E-state index is 11.3. The van der Waals surface area contributed by atoms with Crippen LogP contribution in [-0.4, -0.2) is 6.03 Å². The van der Waals surface area contributed by atoms with Gasteiger partial charge in [0.25, 0.3) is 0 Å². The standard InChI is InChI=1S/C15H13Cl2N3O/c16-12-5-2-1-4-10(12)8-9-11-13(17)6-3-7-14(11)19-15(21)20-18/h1-9H,18H2,(H2,19,20,21)/b9-8+. The molecule has 0 radical (unpaired) electrons. The van der Waals surface area contributed by atoms with Gasteiger partial charge < -0.3 is 5.32 Å². The van der Waals surface area contributed by atoms with E-state index < -0.39 is 6.03 Å². The Morgan fingerprint density at radius 1 is 1.00 bits per heavy atom. The number of nitrogens with two attached hydrogens (primary N) is 1. The van der Waals surface area contributed by atoms with Gasteiger partial charge in [-0.2, -0.15) is 0 Å². The molecule has 2 rings (SSSR count). The number of urea groups is 1. The Kier molecular flexibility index (Phi) is 5.22. The molecule has 2 aromatic rings. The molecule has 0 aliphatic rings. The number of hydrogen-bond donors (Lipinski definition) is 3. The molecule has 0 fully saturated rings. The summed E-state index contributed by atoms with van der Waals surface area (Å²) in [5.74, 6) is 5.06. The first-order valence-electron chi connectivity index (χ1n) is 6.10. The fourth-order valence-electron chi connectivity index (χ4n) is 1.76. The molecular weight excluding hydrogens is 309 g/mol.